The second-order valence-corrected chi connectivity index (χ2v) is 17.0. The summed E-state index contributed by atoms with van der Waals surface area (Å²) in [6.07, 6.45) is 0. The Labute approximate surface area is 329 Å². The normalized spacial score (nSPS) is 13.3. The largest absolute Gasteiger partial charge is 0.135 e. The highest BCUT2D eigenvalue weighted by Gasteiger charge is 2.37. The average molecular weight is 729 g/mol. The molecule has 0 unspecified atom stereocenters. The van der Waals surface area contributed by atoms with Crippen LogP contribution < -0.4 is 0 Å². The van der Waals surface area contributed by atoms with Crippen molar-refractivity contribution in [1.82, 2.24) is 0 Å². The summed E-state index contributed by atoms with van der Waals surface area (Å²) in [5.74, 6) is 0. The molecule has 1 aliphatic carbocycles. The topological polar surface area (TPSA) is 0 Å². The maximum atomic E-state index is 2.46. The van der Waals surface area contributed by atoms with Gasteiger partial charge in [0.25, 0.3) is 0 Å². The van der Waals surface area contributed by atoms with Crippen LogP contribution in [0, 0.1) is 0 Å². The third kappa shape index (κ3) is 4.35. The summed E-state index contributed by atoms with van der Waals surface area (Å²) in [4.78, 5) is 0. The van der Waals surface area contributed by atoms with E-state index in [1.165, 1.54) is 119 Å². The van der Waals surface area contributed by atoms with E-state index in [-0.39, 0.29) is 5.41 Å². The Morgan fingerprint density at radius 1 is 0.357 bits per heavy atom. The van der Waals surface area contributed by atoms with Gasteiger partial charge in [0, 0.05) is 25.6 Å². The van der Waals surface area contributed by atoms with E-state index in [0.29, 0.717) is 0 Å². The molecule has 0 saturated heterocycles. The molecule has 10 aromatic carbocycles. The van der Waals surface area contributed by atoms with Gasteiger partial charge in [-0.15, -0.1) is 11.3 Å². The van der Waals surface area contributed by atoms with Crippen LogP contribution in [-0.2, 0) is 5.41 Å². The van der Waals surface area contributed by atoms with Gasteiger partial charge in [0.05, 0.1) is 0 Å². The molecule has 0 aliphatic heterocycles. The Kier molecular flexibility index (Phi) is 6.66. The van der Waals surface area contributed by atoms with E-state index < -0.39 is 0 Å². The summed E-state index contributed by atoms with van der Waals surface area (Å²) < 4.78 is 2.71. The van der Waals surface area contributed by atoms with E-state index in [4.69, 9.17) is 0 Å². The first-order chi connectivity index (χ1) is 27.6. The maximum Gasteiger partial charge on any atom is 0.0368 e. The van der Waals surface area contributed by atoms with Crippen molar-refractivity contribution in [1.29, 1.82) is 0 Å². The minimum atomic E-state index is -0.0729. The highest BCUT2D eigenvalue weighted by molar-refractivity contribution is 7.26. The predicted octanol–water partition coefficient (Wildman–Crippen LogP) is 16.0. The van der Waals surface area contributed by atoms with Gasteiger partial charge in [-0.2, -0.15) is 0 Å². The summed E-state index contributed by atoms with van der Waals surface area (Å²) in [5.41, 5.74) is 13.2. The van der Waals surface area contributed by atoms with Gasteiger partial charge in [0.15, 0.2) is 0 Å². The third-order valence-corrected chi connectivity index (χ3v) is 13.7. The van der Waals surface area contributed by atoms with Crippen LogP contribution in [0.2, 0.25) is 0 Å². The zero-order valence-corrected chi connectivity index (χ0v) is 32.0. The molecule has 0 nitrogen and oxygen atoms in total. The molecule has 1 heterocycles. The average Bonchev–Trinajstić information content (AvgIpc) is 3.74. The van der Waals surface area contributed by atoms with Gasteiger partial charge in [0.1, 0.15) is 0 Å². The molecule has 11 aromatic rings. The first kappa shape index (κ1) is 31.8. The number of benzene rings is 10. The Morgan fingerprint density at radius 3 is 1.64 bits per heavy atom. The molecule has 0 radical (unpaired) electrons. The Morgan fingerprint density at radius 2 is 0.911 bits per heavy atom. The van der Waals surface area contributed by atoms with Gasteiger partial charge >= 0.3 is 0 Å². The van der Waals surface area contributed by atoms with Crippen molar-refractivity contribution >= 4 is 74.6 Å². The Hall–Kier alpha value is -6.54. The zero-order chi connectivity index (χ0) is 37.1. The molecule has 0 atom stereocenters. The van der Waals surface area contributed by atoms with Crippen molar-refractivity contribution in [3.63, 3.8) is 0 Å². The van der Waals surface area contributed by atoms with Crippen molar-refractivity contribution in [2.24, 2.45) is 0 Å². The standard InChI is InChI=1S/C55H36S/c1-55(2)47-25-12-11-18-38(47)45-30-31-48-53(54(45)55)52-40-19-6-5-17-37(40)46(32-49(52)56-48)34-26-28-35(29-27-34)50-41-20-7-9-22-43(41)51(44-23-10-8-21-42(44)50)39-24-13-15-33-14-3-4-16-36(33)39/h3-32H,1-2H3. The lowest BCUT2D eigenvalue weighted by Crippen LogP contribution is -2.15. The van der Waals surface area contributed by atoms with Crippen molar-refractivity contribution in [2.45, 2.75) is 19.3 Å². The summed E-state index contributed by atoms with van der Waals surface area (Å²) in [6, 6.07) is 68.0. The number of rotatable bonds is 3. The molecule has 0 spiro atoms. The molecule has 0 saturated carbocycles. The van der Waals surface area contributed by atoms with Gasteiger partial charge in [-0.05, 0) is 111 Å². The summed E-state index contributed by atoms with van der Waals surface area (Å²) in [7, 11) is 0. The highest BCUT2D eigenvalue weighted by atomic mass is 32.1. The van der Waals surface area contributed by atoms with Crippen LogP contribution >= 0.6 is 11.3 Å². The molecule has 0 fully saturated rings. The monoisotopic (exact) mass is 728 g/mol. The van der Waals surface area contributed by atoms with Crippen LogP contribution in [0.4, 0.5) is 0 Å². The van der Waals surface area contributed by atoms with Gasteiger partial charge < -0.3 is 0 Å². The summed E-state index contributed by atoms with van der Waals surface area (Å²) in [6.45, 7) is 4.81. The molecule has 262 valence electrons. The van der Waals surface area contributed by atoms with Crippen molar-refractivity contribution in [3.05, 3.63) is 193 Å². The minimum absolute atomic E-state index is 0.0729. The lowest BCUT2D eigenvalue weighted by molar-refractivity contribution is 0.667. The van der Waals surface area contributed by atoms with Crippen LogP contribution in [0.1, 0.15) is 25.0 Å². The molecular weight excluding hydrogens is 693 g/mol. The lowest BCUT2D eigenvalue weighted by Gasteiger charge is -2.22. The van der Waals surface area contributed by atoms with Gasteiger partial charge in [-0.1, -0.05) is 184 Å². The quantitative estimate of drug-likeness (QED) is 0.159. The SMILES string of the molecule is CC1(C)c2ccccc2-c2ccc3sc4cc(-c5ccc(-c6c7ccccc7c(-c7cccc8ccccc78)c7ccccc67)cc5)c5ccccc5c4c3c21. The fraction of sp³-hybridized carbons (Fsp3) is 0.0545. The van der Waals surface area contributed by atoms with Crippen molar-refractivity contribution < 1.29 is 0 Å². The van der Waals surface area contributed by atoms with Crippen LogP contribution in [0.3, 0.4) is 0 Å². The molecular formula is C55H36S. The van der Waals surface area contributed by atoms with Gasteiger partial charge in [-0.3, -0.25) is 0 Å². The fourth-order valence-electron chi connectivity index (χ4n) is 10.2. The predicted molar refractivity (Wildman–Crippen MR) is 243 cm³/mol. The van der Waals surface area contributed by atoms with Crippen LogP contribution in [0.15, 0.2) is 182 Å². The van der Waals surface area contributed by atoms with Crippen molar-refractivity contribution in [2.75, 3.05) is 0 Å². The zero-order valence-electron chi connectivity index (χ0n) is 31.2. The lowest BCUT2D eigenvalue weighted by atomic mass is 9.80. The molecule has 1 aliphatic rings. The van der Waals surface area contributed by atoms with E-state index >= 15 is 0 Å². The summed E-state index contributed by atoms with van der Waals surface area (Å²) in [5, 5.41) is 13.1. The molecule has 56 heavy (non-hydrogen) atoms. The minimum Gasteiger partial charge on any atom is -0.135 e. The third-order valence-electron chi connectivity index (χ3n) is 12.6. The Balaban J connectivity index is 1.05. The number of hydrogen-bond acceptors (Lipinski definition) is 1. The maximum absolute atomic E-state index is 2.46. The second-order valence-electron chi connectivity index (χ2n) is 15.9. The number of fused-ring (bicyclic) bond motifs is 12. The number of hydrogen-bond donors (Lipinski definition) is 0. The van der Waals surface area contributed by atoms with Gasteiger partial charge in [-0.25, -0.2) is 0 Å². The van der Waals surface area contributed by atoms with E-state index in [1.54, 1.807) is 0 Å². The van der Waals surface area contributed by atoms with Crippen LogP contribution in [0.25, 0.3) is 108 Å². The van der Waals surface area contributed by atoms with E-state index in [1.807, 2.05) is 11.3 Å². The first-order valence-electron chi connectivity index (χ1n) is 19.6. The Bertz CT molecular complexity index is 3370. The van der Waals surface area contributed by atoms with E-state index in [9.17, 15) is 0 Å². The van der Waals surface area contributed by atoms with E-state index in [0.717, 1.165) is 0 Å². The van der Waals surface area contributed by atoms with Gasteiger partial charge in [0.2, 0.25) is 0 Å². The molecule has 1 heteroatoms. The summed E-state index contributed by atoms with van der Waals surface area (Å²) >= 11 is 1.93. The fourth-order valence-corrected chi connectivity index (χ4v) is 11.4. The second kappa shape index (κ2) is 11.7. The smallest absolute Gasteiger partial charge is 0.0368 e. The molecule has 1 aromatic heterocycles. The molecule has 0 N–H and O–H groups in total. The molecule has 0 amide bonds. The van der Waals surface area contributed by atoms with E-state index in [2.05, 4.69) is 196 Å². The molecule has 0 bridgehead atoms. The number of thiophene rings is 1. The van der Waals surface area contributed by atoms with Crippen LogP contribution in [0.5, 0.6) is 0 Å². The highest BCUT2D eigenvalue weighted by Crippen LogP contribution is 2.55. The van der Waals surface area contributed by atoms with Crippen LogP contribution in [-0.4, -0.2) is 0 Å². The van der Waals surface area contributed by atoms with Crippen molar-refractivity contribution in [3.8, 4) is 44.5 Å². The molecule has 12 rings (SSSR count). The first-order valence-corrected chi connectivity index (χ1v) is 20.4.